The molecule has 22 heavy (non-hydrogen) atoms. The first-order valence-corrected chi connectivity index (χ1v) is 7.64. The summed E-state index contributed by atoms with van der Waals surface area (Å²) in [6.07, 6.45) is -0.615. The number of hydrogen-bond donors (Lipinski definition) is 2. The van der Waals surface area contributed by atoms with Crippen LogP contribution in [0.25, 0.3) is 11.0 Å². The molecule has 1 aromatic heterocycles. The van der Waals surface area contributed by atoms with Gasteiger partial charge in [0.15, 0.2) is 0 Å². The fourth-order valence-corrected chi connectivity index (χ4v) is 3.40. The van der Waals surface area contributed by atoms with Crippen molar-refractivity contribution in [3.05, 3.63) is 17.7 Å². The Balaban J connectivity index is 1.84. The van der Waals surface area contributed by atoms with Crippen LogP contribution in [0.2, 0.25) is 0 Å². The average Bonchev–Trinajstić information content (AvgIpc) is 2.94. The molecule has 7 heteroatoms. The highest BCUT2D eigenvalue weighted by Gasteiger charge is 2.45. The molecule has 0 amide bonds. The van der Waals surface area contributed by atoms with E-state index in [-0.39, 0.29) is 6.04 Å². The van der Waals surface area contributed by atoms with Crippen LogP contribution in [0.4, 0.5) is 0 Å². The summed E-state index contributed by atoms with van der Waals surface area (Å²) in [6.45, 7) is 7.47. The molecule has 0 saturated carbocycles. The Morgan fingerprint density at radius 3 is 2.64 bits per heavy atom. The monoisotopic (exact) mass is 304 g/mol. The molecule has 1 fully saturated rings. The summed E-state index contributed by atoms with van der Waals surface area (Å²) in [6, 6.07) is 3.66. The van der Waals surface area contributed by atoms with Crippen LogP contribution in [0.15, 0.2) is 16.8 Å². The summed E-state index contributed by atoms with van der Waals surface area (Å²) in [4.78, 5) is 2.31. The van der Waals surface area contributed by atoms with E-state index in [1.807, 2.05) is 26.0 Å². The fraction of sp³-hybridized carbons (Fsp3) is 0.600. The lowest BCUT2D eigenvalue weighted by molar-refractivity contribution is -0.0949. The predicted octanol–water partition coefficient (Wildman–Crippen LogP) is 0.701. The van der Waals surface area contributed by atoms with Gasteiger partial charge in [0.05, 0.1) is 6.04 Å². The maximum atomic E-state index is 10.9. The Morgan fingerprint density at radius 2 is 1.91 bits per heavy atom. The van der Waals surface area contributed by atoms with Gasteiger partial charge in [-0.2, -0.15) is 0 Å². The van der Waals surface area contributed by atoms with Gasteiger partial charge in [0.2, 0.25) is 0 Å². The fourth-order valence-electron chi connectivity index (χ4n) is 3.40. The minimum absolute atomic E-state index is 0.109. The van der Waals surface area contributed by atoms with Crippen molar-refractivity contribution in [3.8, 4) is 5.75 Å². The normalized spacial score (nSPS) is 28.3. The first kappa shape index (κ1) is 13.9. The van der Waals surface area contributed by atoms with Gasteiger partial charge in [0, 0.05) is 37.8 Å². The molecule has 0 aliphatic carbocycles. The van der Waals surface area contributed by atoms with Crippen molar-refractivity contribution in [2.24, 2.45) is 0 Å². The number of fused-ring (bicyclic) bond motifs is 2. The Hall–Kier alpha value is -1.70. The van der Waals surface area contributed by atoms with Crippen molar-refractivity contribution < 1.29 is 14.5 Å². The first-order chi connectivity index (χ1) is 10.6. The molecule has 2 unspecified atom stereocenters. The van der Waals surface area contributed by atoms with E-state index in [1.54, 1.807) is 0 Å². The van der Waals surface area contributed by atoms with Crippen LogP contribution in [0.5, 0.6) is 5.75 Å². The lowest BCUT2D eigenvalue weighted by atomic mass is 9.85. The maximum absolute atomic E-state index is 10.9. The maximum Gasteiger partial charge on any atom is 0.138 e. The van der Waals surface area contributed by atoms with Gasteiger partial charge >= 0.3 is 0 Å². The standard InChI is InChI=1S/C15H20N4O3/c1-15(2)14(20)13(19-5-3-16-4-6-19)9-7-10-11(18-22-17-10)8-12(9)21-15/h7-8,13-14,16,20H,3-6H2,1-2H3. The van der Waals surface area contributed by atoms with Crippen LogP contribution in [0, 0.1) is 0 Å². The van der Waals surface area contributed by atoms with E-state index in [9.17, 15) is 5.11 Å². The second-order valence-electron chi connectivity index (χ2n) is 6.52. The summed E-state index contributed by atoms with van der Waals surface area (Å²) in [5.74, 6) is 0.752. The highest BCUT2D eigenvalue weighted by atomic mass is 16.6. The molecule has 2 aliphatic rings. The number of aromatic nitrogens is 2. The highest BCUT2D eigenvalue weighted by molar-refractivity contribution is 5.77. The highest BCUT2D eigenvalue weighted by Crippen LogP contribution is 2.44. The molecule has 7 nitrogen and oxygen atoms in total. The van der Waals surface area contributed by atoms with Gasteiger partial charge in [0.25, 0.3) is 0 Å². The summed E-state index contributed by atoms with van der Waals surface area (Å²) in [5.41, 5.74) is 1.66. The third-order valence-electron chi connectivity index (χ3n) is 4.63. The number of nitrogens with one attached hydrogen (secondary N) is 1. The number of nitrogens with zero attached hydrogens (tertiary/aromatic N) is 3. The van der Waals surface area contributed by atoms with E-state index < -0.39 is 11.7 Å². The molecule has 2 aromatic rings. The zero-order valence-electron chi connectivity index (χ0n) is 12.7. The van der Waals surface area contributed by atoms with E-state index >= 15 is 0 Å². The van der Waals surface area contributed by atoms with Crippen molar-refractivity contribution in [3.63, 3.8) is 0 Å². The van der Waals surface area contributed by atoms with Gasteiger partial charge in [-0.3, -0.25) is 4.90 Å². The van der Waals surface area contributed by atoms with Crippen LogP contribution in [0.1, 0.15) is 25.5 Å². The SMILES string of the molecule is CC1(C)Oc2cc3nonc3cc2C(N2CCNCC2)C1O. The molecule has 1 aromatic carbocycles. The van der Waals surface area contributed by atoms with Gasteiger partial charge < -0.3 is 15.2 Å². The lowest BCUT2D eigenvalue weighted by Gasteiger charge is -2.47. The molecule has 0 bridgehead atoms. The zero-order valence-corrected chi connectivity index (χ0v) is 12.7. The van der Waals surface area contributed by atoms with Crippen LogP contribution < -0.4 is 10.1 Å². The van der Waals surface area contributed by atoms with Gasteiger partial charge in [-0.1, -0.05) is 0 Å². The van der Waals surface area contributed by atoms with Crippen molar-refractivity contribution in [2.75, 3.05) is 26.2 Å². The molecule has 118 valence electrons. The minimum Gasteiger partial charge on any atom is -0.485 e. The van der Waals surface area contributed by atoms with Gasteiger partial charge in [0.1, 0.15) is 28.5 Å². The lowest BCUT2D eigenvalue weighted by Crippen LogP contribution is -2.56. The third kappa shape index (κ3) is 2.08. The van der Waals surface area contributed by atoms with Crippen molar-refractivity contribution in [2.45, 2.75) is 31.6 Å². The number of rotatable bonds is 1. The van der Waals surface area contributed by atoms with Gasteiger partial charge in [-0.15, -0.1) is 0 Å². The number of hydrogen-bond acceptors (Lipinski definition) is 7. The second-order valence-corrected chi connectivity index (χ2v) is 6.52. The molecule has 2 aliphatic heterocycles. The van der Waals surface area contributed by atoms with Gasteiger partial charge in [-0.25, -0.2) is 4.63 Å². The van der Waals surface area contributed by atoms with Crippen LogP contribution in [-0.2, 0) is 0 Å². The second kappa shape index (κ2) is 4.91. The summed E-state index contributed by atoms with van der Waals surface area (Å²) < 4.78 is 10.8. The van der Waals surface area contributed by atoms with E-state index in [1.165, 1.54) is 0 Å². The number of piperazine rings is 1. The Morgan fingerprint density at radius 1 is 1.23 bits per heavy atom. The Kier molecular flexibility index (Phi) is 3.11. The average molecular weight is 304 g/mol. The minimum atomic E-state index is -0.659. The predicted molar refractivity (Wildman–Crippen MR) is 79.7 cm³/mol. The number of aliphatic hydroxyl groups excluding tert-OH is 1. The molecular formula is C15H20N4O3. The summed E-state index contributed by atoms with van der Waals surface area (Å²) >= 11 is 0. The molecule has 0 spiro atoms. The first-order valence-electron chi connectivity index (χ1n) is 7.64. The molecule has 0 radical (unpaired) electrons. The molecular weight excluding hydrogens is 284 g/mol. The van der Waals surface area contributed by atoms with Gasteiger partial charge in [-0.05, 0) is 30.2 Å². The van der Waals surface area contributed by atoms with Crippen LogP contribution in [0.3, 0.4) is 0 Å². The van der Waals surface area contributed by atoms with E-state index in [0.29, 0.717) is 11.0 Å². The largest absolute Gasteiger partial charge is 0.485 e. The quantitative estimate of drug-likeness (QED) is 0.802. The molecule has 2 N–H and O–H groups in total. The van der Waals surface area contributed by atoms with Crippen molar-refractivity contribution >= 4 is 11.0 Å². The molecule has 4 rings (SSSR count). The van der Waals surface area contributed by atoms with Crippen molar-refractivity contribution in [1.82, 2.24) is 20.5 Å². The zero-order chi connectivity index (χ0) is 15.3. The number of aliphatic hydroxyl groups is 1. The Labute approximate surface area is 128 Å². The van der Waals surface area contributed by atoms with E-state index in [0.717, 1.165) is 37.5 Å². The van der Waals surface area contributed by atoms with Crippen LogP contribution >= 0.6 is 0 Å². The topological polar surface area (TPSA) is 83.7 Å². The van der Waals surface area contributed by atoms with E-state index in [4.69, 9.17) is 9.37 Å². The van der Waals surface area contributed by atoms with E-state index in [2.05, 4.69) is 20.5 Å². The van der Waals surface area contributed by atoms with Crippen LogP contribution in [-0.4, -0.2) is 58.2 Å². The molecule has 3 heterocycles. The van der Waals surface area contributed by atoms with Crippen molar-refractivity contribution in [1.29, 1.82) is 0 Å². The third-order valence-corrected chi connectivity index (χ3v) is 4.63. The Bertz CT molecular complexity index is 693. The smallest absolute Gasteiger partial charge is 0.138 e. The molecule has 2 atom stereocenters. The number of ether oxygens (including phenoxy) is 1. The molecule has 1 saturated heterocycles. The summed E-state index contributed by atoms with van der Waals surface area (Å²) in [5, 5.41) is 22.0. The number of benzene rings is 1. The summed E-state index contributed by atoms with van der Waals surface area (Å²) in [7, 11) is 0.